The van der Waals surface area contributed by atoms with E-state index in [0.717, 1.165) is 10.4 Å². The molecule has 0 aliphatic heterocycles. The van der Waals surface area contributed by atoms with Crippen molar-refractivity contribution < 1.29 is 32.3 Å². The average molecular weight is 580 g/mol. The van der Waals surface area contributed by atoms with E-state index in [4.69, 9.17) is 4.74 Å². The summed E-state index contributed by atoms with van der Waals surface area (Å²) in [7, 11) is 1.50. The maximum absolute atomic E-state index is 13.7. The predicted octanol–water partition coefficient (Wildman–Crippen LogP) is 6.67. The first-order valence-electron chi connectivity index (χ1n) is 12.4. The number of amides is 2. The van der Waals surface area contributed by atoms with Crippen molar-refractivity contribution in [3.63, 3.8) is 0 Å². The Morgan fingerprint density at radius 3 is 2.46 bits per heavy atom. The van der Waals surface area contributed by atoms with Crippen LogP contribution in [0.4, 0.5) is 24.5 Å². The van der Waals surface area contributed by atoms with E-state index in [1.807, 2.05) is 0 Å². The van der Waals surface area contributed by atoms with Crippen LogP contribution in [-0.4, -0.2) is 49.0 Å². The molecule has 7 nitrogen and oxygen atoms in total. The fourth-order valence-electron chi connectivity index (χ4n) is 4.80. The number of aldehydes is 1. The zero-order valence-electron chi connectivity index (χ0n) is 21.4. The van der Waals surface area contributed by atoms with Gasteiger partial charge in [0.2, 0.25) is 5.91 Å². The van der Waals surface area contributed by atoms with Crippen molar-refractivity contribution in [2.24, 2.45) is 11.8 Å². The van der Waals surface area contributed by atoms with Crippen LogP contribution in [0.1, 0.15) is 52.8 Å². The lowest BCUT2D eigenvalue weighted by molar-refractivity contribution is -0.184. The summed E-state index contributed by atoms with van der Waals surface area (Å²) in [6.07, 6.45) is -3.47. The molecule has 39 heavy (non-hydrogen) atoms. The number of hydrogen-bond donors (Lipinski definition) is 1. The molecule has 1 saturated carbocycles. The third-order valence-corrected chi connectivity index (χ3v) is 8.51. The Bertz CT molecular complexity index is 1280. The maximum atomic E-state index is 13.7. The minimum absolute atomic E-state index is 0.0901. The van der Waals surface area contributed by atoms with Crippen LogP contribution >= 0.6 is 22.7 Å². The Morgan fingerprint density at radius 1 is 1.21 bits per heavy atom. The van der Waals surface area contributed by atoms with Crippen LogP contribution in [0, 0.1) is 11.8 Å². The van der Waals surface area contributed by atoms with E-state index in [9.17, 15) is 27.6 Å². The number of rotatable bonds is 9. The van der Waals surface area contributed by atoms with Crippen LogP contribution in [-0.2, 0) is 9.53 Å². The van der Waals surface area contributed by atoms with Crippen LogP contribution in [0.25, 0.3) is 10.4 Å². The molecule has 4 rings (SSSR count). The zero-order chi connectivity index (χ0) is 28.2. The van der Waals surface area contributed by atoms with Crippen molar-refractivity contribution in [1.82, 2.24) is 4.98 Å². The second kappa shape index (κ2) is 12.4. The highest BCUT2D eigenvalue weighted by Crippen LogP contribution is 2.42. The maximum Gasteiger partial charge on any atom is 0.391 e. The molecule has 1 unspecified atom stereocenters. The number of nitrogens with one attached hydrogen (secondary N) is 1. The fourth-order valence-corrected chi connectivity index (χ4v) is 6.31. The molecule has 1 aliphatic rings. The van der Waals surface area contributed by atoms with Crippen LogP contribution in [0.15, 0.2) is 41.2 Å². The monoisotopic (exact) mass is 579 g/mol. The first kappa shape index (κ1) is 28.9. The Morgan fingerprint density at radius 2 is 1.90 bits per heavy atom. The number of methoxy groups -OCH3 is 1. The molecule has 1 aromatic carbocycles. The van der Waals surface area contributed by atoms with Gasteiger partial charge in [0.25, 0.3) is 5.91 Å². The van der Waals surface area contributed by atoms with Gasteiger partial charge in [-0.2, -0.15) is 13.2 Å². The minimum atomic E-state index is -4.26. The van der Waals surface area contributed by atoms with Gasteiger partial charge in [-0.05, 0) is 56.4 Å². The summed E-state index contributed by atoms with van der Waals surface area (Å²) in [4.78, 5) is 44.6. The van der Waals surface area contributed by atoms with Gasteiger partial charge in [-0.3, -0.25) is 14.4 Å². The molecule has 2 heterocycles. The van der Waals surface area contributed by atoms with Gasteiger partial charge in [0.1, 0.15) is 5.69 Å². The van der Waals surface area contributed by atoms with Crippen molar-refractivity contribution >= 4 is 52.1 Å². The van der Waals surface area contributed by atoms with Gasteiger partial charge in [0.05, 0.1) is 34.6 Å². The van der Waals surface area contributed by atoms with E-state index in [1.54, 1.807) is 48.1 Å². The first-order chi connectivity index (χ1) is 18.6. The fraction of sp³-hybridized carbons (Fsp3) is 0.407. The van der Waals surface area contributed by atoms with Crippen LogP contribution in [0.3, 0.4) is 0 Å². The van der Waals surface area contributed by atoms with E-state index in [-0.39, 0.29) is 44.1 Å². The molecule has 1 N–H and O–H groups in total. The molecule has 2 amide bonds. The number of halogens is 3. The number of thiophene rings is 1. The number of ether oxygens (including phenoxy) is 1. The Labute approximate surface area is 232 Å². The third-order valence-electron chi connectivity index (χ3n) is 6.82. The van der Waals surface area contributed by atoms with E-state index in [0.29, 0.717) is 28.2 Å². The summed E-state index contributed by atoms with van der Waals surface area (Å²) in [6, 6.07) is 8.37. The Hall–Kier alpha value is -3.09. The zero-order valence-corrected chi connectivity index (χ0v) is 23.0. The van der Waals surface area contributed by atoms with Gasteiger partial charge >= 0.3 is 6.18 Å². The Kier molecular flexibility index (Phi) is 9.19. The van der Waals surface area contributed by atoms with Crippen molar-refractivity contribution in [2.45, 2.75) is 44.8 Å². The molecule has 1 atom stereocenters. The lowest BCUT2D eigenvalue weighted by atomic mass is 9.81. The SMILES string of the molecule is COCC(C)N(C(=O)C1CCC(C(F)(F)F)CC1)c1cc(-c2ccc(NC(=O)c3cscn3)cc2)sc1C=O. The van der Waals surface area contributed by atoms with Crippen LogP contribution in [0.2, 0.25) is 0 Å². The highest BCUT2D eigenvalue weighted by atomic mass is 32.1. The molecule has 1 aliphatic carbocycles. The summed E-state index contributed by atoms with van der Waals surface area (Å²) in [5.41, 5.74) is 3.66. The lowest BCUT2D eigenvalue weighted by Gasteiger charge is -2.35. The van der Waals surface area contributed by atoms with E-state index in [1.165, 1.54) is 34.7 Å². The summed E-state index contributed by atoms with van der Waals surface area (Å²) in [6.45, 7) is 1.98. The van der Waals surface area contributed by atoms with Gasteiger partial charge in [-0.25, -0.2) is 4.98 Å². The number of carbonyl (C=O) groups excluding carboxylic acids is 3. The first-order valence-corrected chi connectivity index (χ1v) is 14.2. The molecule has 0 radical (unpaired) electrons. The number of benzene rings is 1. The number of thiazole rings is 1. The van der Waals surface area contributed by atoms with E-state index < -0.39 is 24.1 Å². The van der Waals surface area contributed by atoms with E-state index >= 15 is 0 Å². The number of aromatic nitrogens is 1. The van der Waals surface area contributed by atoms with Gasteiger partial charge in [-0.15, -0.1) is 22.7 Å². The van der Waals surface area contributed by atoms with Crippen molar-refractivity contribution in [2.75, 3.05) is 23.9 Å². The lowest BCUT2D eigenvalue weighted by Crippen LogP contribution is -2.46. The summed E-state index contributed by atoms with van der Waals surface area (Å²) in [5.74, 6) is -2.57. The highest BCUT2D eigenvalue weighted by molar-refractivity contribution is 7.17. The second-order valence-corrected chi connectivity index (χ2v) is 11.3. The van der Waals surface area contributed by atoms with E-state index in [2.05, 4.69) is 10.3 Å². The largest absolute Gasteiger partial charge is 0.391 e. The molecule has 208 valence electrons. The number of anilines is 2. The molecule has 1 fully saturated rings. The number of nitrogens with zero attached hydrogens (tertiary/aromatic N) is 2. The van der Waals surface area contributed by atoms with Crippen molar-refractivity contribution in [1.29, 1.82) is 0 Å². The smallest absolute Gasteiger partial charge is 0.383 e. The molecular formula is C27H28F3N3O4S2. The molecular weight excluding hydrogens is 551 g/mol. The second-order valence-electron chi connectivity index (χ2n) is 9.49. The molecule has 2 aromatic heterocycles. The molecule has 0 bridgehead atoms. The third kappa shape index (κ3) is 6.74. The predicted molar refractivity (Wildman–Crippen MR) is 146 cm³/mol. The summed E-state index contributed by atoms with van der Waals surface area (Å²) >= 11 is 2.54. The number of carbonyl (C=O) groups is 3. The normalized spacial score (nSPS) is 18.4. The van der Waals surface area contributed by atoms with Gasteiger partial charge in [-0.1, -0.05) is 12.1 Å². The molecule has 0 spiro atoms. The van der Waals surface area contributed by atoms with Gasteiger partial charge < -0.3 is 15.0 Å². The molecule has 12 heteroatoms. The quantitative estimate of drug-likeness (QED) is 0.286. The Balaban J connectivity index is 1.56. The highest BCUT2D eigenvalue weighted by Gasteiger charge is 2.43. The summed E-state index contributed by atoms with van der Waals surface area (Å²) in [5, 5.41) is 4.43. The van der Waals surface area contributed by atoms with Gasteiger partial charge in [0.15, 0.2) is 6.29 Å². The van der Waals surface area contributed by atoms with Crippen LogP contribution in [0.5, 0.6) is 0 Å². The van der Waals surface area contributed by atoms with Crippen molar-refractivity contribution in [3.05, 3.63) is 51.8 Å². The molecule has 3 aromatic rings. The average Bonchev–Trinajstić information content (AvgIpc) is 3.60. The minimum Gasteiger partial charge on any atom is -0.383 e. The number of alkyl halides is 3. The van der Waals surface area contributed by atoms with Crippen LogP contribution < -0.4 is 10.2 Å². The van der Waals surface area contributed by atoms with Crippen molar-refractivity contribution in [3.8, 4) is 10.4 Å². The standard InChI is InChI=1S/C27H28F3N3O4S2/c1-16(13-37-2)33(26(36)18-3-7-19(8-4-18)27(28,29)30)22-11-23(39-24(22)12-34)17-5-9-20(10-6-17)32-25(35)21-14-38-15-31-21/h5-6,9-12,14-16,18-19H,3-4,7-8,13H2,1-2H3,(H,32,35). The van der Waals surface area contributed by atoms with Gasteiger partial charge in [0, 0.05) is 29.0 Å². The number of hydrogen-bond acceptors (Lipinski definition) is 7. The summed E-state index contributed by atoms with van der Waals surface area (Å²) < 4.78 is 44.8. The molecule has 0 saturated heterocycles. The topological polar surface area (TPSA) is 88.6 Å².